The van der Waals surface area contributed by atoms with Gasteiger partial charge in [-0.15, -0.1) is 0 Å². The van der Waals surface area contributed by atoms with Crippen LogP contribution in [0, 0.1) is 0 Å². The molecule has 2 rings (SSSR count). The van der Waals surface area contributed by atoms with Gasteiger partial charge >= 0.3 is 0 Å². The fourth-order valence-corrected chi connectivity index (χ4v) is 1.67. The summed E-state index contributed by atoms with van der Waals surface area (Å²) in [5.74, 6) is 0.948. The van der Waals surface area contributed by atoms with Gasteiger partial charge in [0, 0.05) is 18.2 Å². The van der Waals surface area contributed by atoms with E-state index >= 15 is 0 Å². The second-order valence-corrected chi connectivity index (χ2v) is 3.96. The van der Waals surface area contributed by atoms with Gasteiger partial charge < -0.3 is 10.5 Å². The molecule has 0 atom stereocenters. The molecule has 0 spiro atoms. The first-order chi connectivity index (χ1) is 6.09. The summed E-state index contributed by atoms with van der Waals surface area (Å²) < 4.78 is 5.44. The number of hydrogen-bond acceptors (Lipinski definition) is 3. The molecule has 0 saturated heterocycles. The van der Waals surface area contributed by atoms with Gasteiger partial charge in [0.25, 0.3) is 0 Å². The maximum atomic E-state index is 6.01. The standard InChI is InChI=1S/C10H14N2O/c1-10(2,11)9-7-4-6-13-8(7)3-5-12-9/h3,5H,4,6,11H2,1-2H3. The summed E-state index contributed by atoms with van der Waals surface area (Å²) in [4.78, 5) is 4.32. The Balaban J connectivity index is 2.54. The molecule has 1 aromatic rings. The fourth-order valence-electron chi connectivity index (χ4n) is 1.67. The lowest BCUT2D eigenvalue weighted by atomic mass is 9.95. The number of hydrogen-bond donors (Lipinski definition) is 1. The van der Waals surface area contributed by atoms with Gasteiger partial charge in [0.1, 0.15) is 5.75 Å². The molecule has 0 radical (unpaired) electrons. The van der Waals surface area contributed by atoms with Crippen LogP contribution in [-0.2, 0) is 12.0 Å². The van der Waals surface area contributed by atoms with Crippen molar-refractivity contribution in [3.05, 3.63) is 23.5 Å². The van der Waals surface area contributed by atoms with Crippen molar-refractivity contribution >= 4 is 0 Å². The summed E-state index contributed by atoms with van der Waals surface area (Å²) in [7, 11) is 0. The number of aromatic nitrogens is 1. The molecule has 0 fully saturated rings. The molecule has 1 aromatic heterocycles. The predicted molar refractivity (Wildman–Crippen MR) is 50.6 cm³/mol. The molecule has 0 aliphatic carbocycles. The Kier molecular flexibility index (Phi) is 1.77. The average Bonchev–Trinajstić information content (AvgIpc) is 2.48. The van der Waals surface area contributed by atoms with Crippen LogP contribution in [0.1, 0.15) is 25.1 Å². The molecule has 1 aliphatic rings. The quantitative estimate of drug-likeness (QED) is 0.703. The Morgan fingerprint density at radius 3 is 3.00 bits per heavy atom. The first kappa shape index (κ1) is 8.51. The molecule has 0 saturated carbocycles. The molecule has 0 amide bonds. The lowest BCUT2D eigenvalue weighted by Crippen LogP contribution is -2.31. The van der Waals surface area contributed by atoms with Crippen LogP contribution in [0.4, 0.5) is 0 Å². The van der Waals surface area contributed by atoms with E-state index in [1.54, 1.807) is 6.20 Å². The van der Waals surface area contributed by atoms with E-state index in [0.717, 1.165) is 24.5 Å². The summed E-state index contributed by atoms with van der Waals surface area (Å²) in [6.45, 7) is 4.69. The van der Waals surface area contributed by atoms with E-state index in [9.17, 15) is 0 Å². The van der Waals surface area contributed by atoms with Crippen LogP contribution in [0.3, 0.4) is 0 Å². The molecule has 13 heavy (non-hydrogen) atoms. The van der Waals surface area contributed by atoms with Crippen LogP contribution in [0.2, 0.25) is 0 Å². The SMILES string of the molecule is CC(C)(N)c1nccc2c1CCO2. The normalized spacial score (nSPS) is 15.3. The maximum Gasteiger partial charge on any atom is 0.126 e. The van der Waals surface area contributed by atoms with Crippen molar-refractivity contribution in [1.82, 2.24) is 4.98 Å². The number of pyridine rings is 1. The highest BCUT2D eigenvalue weighted by molar-refractivity contribution is 5.41. The molecule has 3 heteroatoms. The van der Waals surface area contributed by atoms with E-state index in [4.69, 9.17) is 10.5 Å². The Hall–Kier alpha value is -1.09. The highest BCUT2D eigenvalue weighted by Crippen LogP contribution is 2.31. The number of nitrogens with two attached hydrogens (primary N) is 1. The van der Waals surface area contributed by atoms with E-state index in [2.05, 4.69) is 4.98 Å². The van der Waals surface area contributed by atoms with Crippen molar-refractivity contribution in [2.75, 3.05) is 6.61 Å². The minimum absolute atomic E-state index is 0.376. The largest absolute Gasteiger partial charge is 0.493 e. The Labute approximate surface area is 77.9 Å². The van der Waals surface area contributed by atoms with Crippen LogP contribution in [-0.4, -0.2) is 11.6 Å². The summed E-state index contributed by atoms with van der Waals surface area (Å²) in [6.07, 6.45) is 2.69. The lowest BCUT2D eigenvalue weighted by Gasteiger charge is -2.20. The molecule has 0 aromatic carbocycles. The van der Waals surface area contributed by atoms with E-state index in [-0.39, 0.29) is 5.54 Å². The van der Waals surface area contributed by atoms with Gasteiger partial charge in [0.05, 0.1) is 17.8 Å². The summed E-state index contributed by atoms with van der Waals surface area (Å²) in [5.41, 5.74) is 7.77. The van der Waals surface area contributed by atoms with Crippen molar-refractivity contribution in [3.8, 4) is 5.75 Å². The van der Waals surface area contributed by atoms with Crippen molar-refractivity contribution in [2.45, 2.75) is 25.8 Å². The lowest BCUT2D eigenvalue weighted by molar-refractivity contribution is 0.356. The summed E-state index contributed by atoms with van der Waals surface area (Å²) in [6, 6.07) is 1.90. The minimum Gasteiger partial charge on any atom is -0.493 e. The van der Waals surface area contributed by atoms with Gasteiger partial charge in [-0.25, -0.2) is 0 Å². The summed E-state index contributed by atoms with van der Waals surface area (Å²) in [5, 5.41) is 0. The van der Waals surface area contributed by atoms with E-state index in [1.807, 2.05) is 19.9 Å². The van der Waals surface area contributed by atoms with Gasteiger partial charge in [0.2, 0.25) is 0 Å². The first-order valence-electron chi connectivity index (χ1n) is 4.49. The Morgan fingerprint density at radius 2 is 2.31 bits per heavy atom. The zero-order chi connectivity index (χ0) is 9.47. The summed E-state index contributed by atoms with van der Waals surface area (Å²) >= 11 is 0. The van der Waals surface area contributed by atoms with Crippen molar-refractivity contribution < 1.29 is 4.74 Å². The third-order valence-electron chi connectivity index (χ3n) is 2.23. The van der Waals surface area contributed by atoms with Crippen LogP contribution in [0.25, 0.3) is 0 Å². The van der Waals surface area contributed by atoms with Crippen molar-refractivity contribution in [1.29, 1.82) is 0 Å². The van der Waals surface area contributed by atoms with E-state index < -0.39 is 0 Å². The van der Waals surface area contributed by atoms with Gasteiger partial charge in [-0.3, -0.25) is 4.98 Å². The first-order valence-corrected chi connectivity index (χ1v) is 4.49. The zero-order valence-electron chi connectivity index (χ0n) is 8.00. The Morgan fingerprint density at radius 1 is 1.54 bits per heavy atom. The van der Waals surface area contributed by atoms with Gasteiger partial charge in [-0.2, -0.15) is 0 Å². The number of ether oxygens (including phenoxy) is 1. The number of rotatable bonds is 1. The van der Waals surface area contributed by atoms with Gasteiger partial charge in [0.15, 0.2) is 0 Å². The molecule has 70 valence electrons. The topological polar surface area (TPSA) is 48.1 Å². The van der Waals surface area contributed by atoms with Gasteiger partial charge in [-0.05, 0) is 19.9 Å². The minimum atomic E-state index is -0.376. The molecule has 1 aliphatic heterocycles. The highest BCUT2D eigenvalue weighted by Gasteiger charge is 2.25. The molecular weight excluding hydrogens is 164 g/mol. The van der Waals surface area contributed by atoms with Crippen LogP contribution in [0.5, 0.6) is 5.75 Å². The highest BCUT2D eigenvalue weighted by atomic mass is 16.5. The zero-order valence-corrected chi connectivity index (χ0v) is 8.00. The van der Waals surface area contributed by atoms with Crippen LogP contribution >= 0.6 is 0 Å². The maximum absolute atomic E-state index is 6.01. The van der Waals surface area contributed by atoms with Crippen molar-refractivity contribution in [2.24, 2.45) is 5.73 Å². The fraction of sp³-hybridized carbons (Fsp3) is 0.500. The van der Waals surface area contributed by atoms with Crippen molar-refractivity contribution in [3.63, 3.8) is 0 Å². The molecule has 0 bridgehead atoms. The number of nitrogens with zero attached hydrogens (tertiary/aromatic N) is 1. The molecule has 2 heterocycles. The predicted octanol–water partition coefficient (Wildman–Crippen LogP) is 1.21. The second-order valence-electron chi connectivity index (χ2n) is 3.96. The second kappa shape index (κ2) is 2.70. The third kappa shape index (κ3) is 1.40. The third-order valence-corrected chi connectivity index (χ3v) is 2.23. The molecular formula is C10H14N2O. The number of fused-ring (bicyclic) bond motifs is 1. The van der Waals surface area contributed by atoms with Crippen LogP contribution < -0.4 is 10.5 Å². The average molecular weight is 178 g/mol. The Bertz CT molecular complexity index is 328. The van der Waals surface area contributed by atoms with Crippen LogP contribution in [0.15, 0.2) is 12.3 Å². The van der Waals surface area contributed by atoms with E-state index in [1.165, 1.54) is 5.56 Å². The van der Waals surface area contributed by atoms with Gasteiger partial charge in [-0.1, -0.05) is 0 Å². The molecule has 3 nitrogen and oxygen atoms in total. The molecule has 2 N–H and O–H groups in total. The smallest absolute Gasteiger partial charge is 0.126 e. The molecule has 0 unspecified atom stereocenters. The van der Waals surface area contributed by atoms with E-state index in [0.29, 0.717) is 0 Å². The monoisotopic (exact) mass is 178 g/mol.